The van der Waals surface area contributed by atoms with E-state index in [2.05, 4.69) is 10.3 Å². The molecule has 0 radical (unpaired) electrons. The van der Waals surface area contributed by atoms with Crippen molar-refractivity contribution in [1.82, 2.24) is 9.55 Å². The Morgan fingerprint density at radius 1 is 1.00 bits per heavy atom. The number of hydrogen-bond acceptors (Lipinski definition) is 2. The third-order valence-corrected chi connectivity index (χ3v) is 3.58. The van der Waals surface area contributed by atoms with Crippen LogP contribution in [-0.2, 0) is 11.8 Å². The Morgan fingerprint density at radius 3 is 2.00 bits per heavy atom. The molecule has 0 saturated heterocycles. The lowest BCUT2D eigenvalue weighted by molar-refractivity contribution is -0.116. The molecule has 0 atom stereocenters. The molecule has 110 valence electrons. The zero-order valence-electron chi connectivity index (χ0n) is 12.3. The second-order valence-corrected chi connectivity index (χ2v) is 5.11. The number of carbonyl (C=O) groups is 1. The summed E-state index contributed by atoms with van der Waals surface area (Å²) in [6, 6.07) is 19.5. The standard InChI is InChI=1S/C18H17N3O/c1-21-13-12-19-18(21)20-17(22)16(14-8-4-2-5-9-14)15-10-6-3-7-11-15/h2-13,16H,1H3,(H,19,20,22). The molecule has 0 aliphatic heterocycles. The molecule has 1 amide bonds. The molecule has 0 aliphatic rings. The predicted octanol–water partition coefficient (Wildman–Crippen LogP) is 3.19. The van der Waals surface area contributed by atoms with E-state index in [4.69, 9.17) is 0 Å². The van der Waals surface area contributed by atoms with E-state index in [0.717, 1.165) is 11.1 Å². The molecule has 3 aromatic rings. The van der Waals surface area contributed by atoms with Crippen LogP contribution < -0.4 is 5.32 Å². The fourth-order valence-electron chi connectivity index (χ4n) is 2.45. The van der Waals surface area contributed by atoms with Crippen LogP contribution in [0.1, 0.15) is 17.0 Å². The van der Waals surface area contributed by atoms with Crippen molar-refractivity contribution in [1.29, 1.82) is 0 Å². The number of nitrogens with zero attached hydrogens (tertiary/aromatic N) is 2. The number of benzene rings is 2. The average Bonchev–Trinajstić information content (AvgIpc) is 2.95. The Balaban J connectivity index is 1.95. The molecule has 0 aliphatic carbocycles. The van der Waals surface area contributed by atoms with Crippen molar-refractivity contribution in [2.75, 3.05) is 5.32 Å². The largest absolute Gasteiger partial charge is 0.320 e. The molecular formula is C18H17N3O. The van der Waals surface area contributed by atoms with Crippen LogP contribution in [0.15, 0.2) is 73.1 Å². The first-order valence-corrected chi connectivity index (χ1v) is 7.14. The summed E-state index contributed by atoms with van der Waals surface area (Å²) in [5.74, 6) is 0.0904. The minimum atomic E-state index is -0.362. The van der Waals surface area contributed by atoms with Crippen LogP contribution in [-0.4, -0.2) is 15.5 Å². The first-order valence-electron chi connectivity index (χ1n) is 7.14. The lowest BCUT2D eigenvalue weighted by atomic mass is 9.90. The number of imidazole rings is 1. The van der Waals surface area contributed by atoms with E-state index in [0.29, 0.717) is 5.95 Å². The molecule has 22 heavy (non-hydrogen) atoms. The van der Waals surface area contributed by atoms with Crippen molar-refractivity contribution >= 4 is 11.9 Å². The third-order valence-electron chi connectivity index (χ3n) is 3.58. The normalized spacial score (nSPS) is 10.6. The summed E-state index contributed by atoms with van der Waals surface area (Å²) < 4.78 is 1.78. The summed E-state index contributed by atoms with van der Waals surface area (Å²) in [6.07, 6.45) is 3.46. The summed E-state index contributed by atoms with van der Waals surface area (Å²) in [5, 5.41) is 2.90. The van der Waals surface area contributed by atoms with Gasteiger partial charge in [0.1, 0.15) is 0 Å². The molecule has 0 bridgehead atoms. The fourth-order valence-corrected chi connectivity index (χ4v) is 2.45. The fraction of sp³-hybridized carbons (Fsp3) is 0.111. The molecule has 0 unspecified atom stereocenters. The molecule has 4 nitrogen and oxygen atoms in total. The van der Waals surface area contributed by atoms with Gasteiger partial charge in [-0.15, -0.1) is 0 Å². The van der Waals surface area contributed by atoms with Gasteiger partial charge in [-0.3, -0.25) is 10.1 Å². The van der Waals surface area contributed by atoms with E-state index < -0.39 is 0 Å². The lowest BCUT2D eigenvalue weighted by Gasteiger charge is -2.17. The molecule has 0 spiro atoms. The van der Waals surface area contributed by atoms with Gasteiger partial charge in [0.05, 0.1) is 5.92 Å². The molecule has 3 rings (SSSR count). The van der Waals surface area contributed by atoms with Gasteiger partial charge in [0.25, 0.3) is 0 Å². The van der Waals surface area contributed by atoms with Crippen molar-refractivity contribution in [3.63, 3.8) is 0 Å². The minimum absolute atomic E-state index is 0.0910. The van der Waals surface area contributed by atoms with Crippen LogP contribution in [0.3, 0.4) is 0 Å². The van der Waals surface area contributed by atoms with E-state index in [1.807, 2.05) is 67.7 Å². The molecule has 2 aromatic carbocycles. The number of aromatic nitrogens is 2. The molecular weight excluding hydrogens is 274 g/mol. The van der Waals surface area contributed by atoms with E-state index in [1.165, 1.54) is 0 Å². The van der Waals surface area contributed by atoms with E-state index in [-0.39, 0.29) is 11.8 Å². The highest BCUT2D eigenvalue weighted by Crippen LogP contribution is 2.25. The minimum Gasteiger partial charge on any atom is -0.320 e. The number of rotatable bonds is 4. The van der Waals surface area contributed by atoms with Gasteiger partial charge < -0.3 is 4.57 Å². The van der Waals surface area contributed by atoms with Gasteiger partial charge in [-0.25, -0.2) is 4.98 Å². The Labute approximate surface area is 129 Å². The first kappa shape index (κ1) is 14.1. The topological polar surface area (TPSA) is 46.9 Å². The summed E-state index contributed by atoms with van der Waals surface area (Å²) in [6.45, 7) is 0. The lowest BCUT2D eigenvalue weighted by Crippen LogP contribution is -2.23. The Kier molecular flexibility index (Phi) is 4.01. The van der Waals surface area contributed by atoms with Gasteiger partial charge in [0.15, 0.2) is 0 Å². The van der Waals surface area contributed by atoms with Gasteiger partial charge in [-0.2, -0.15) is 0 Å². The van der Waals surface area contributed by atoms with Crippen LogP contribution >= 0.6 is 0 Å². The Bertz CT molecular complexity index is 711. The molecule has 4 heteroatoms. The maximum absolute atomic E-state index is 12.8. The van der Waals surface area contributed by atoms with Gasteiger partial charge in [0.2, 0.25) is 11.9 Å². The van der Waals surface area contributed by atoms with Crippen molar-refractivity contribution in [3.05, 3.63) is 84.2 Å². The maximum Gasteiger partial charge on any atom is 0.238 e. The van der Waals surface area contributed by atoms with Gasteiger partial charge in [-0.1, -0.05) is 60.7 Å². The van der Waals surface area contributed by atoms with Crippen LogP contribution in [0.25, 0.3) is 0 Å². The highest BCUT2D eigenvalue weighted by molar-refractivity contribution is 5.97. The second-order valence-electron chi connectivity index (χ2n) is 5.11. The number of carbonyl (C=O) groups excluding carboxylic acids is 1. The van der Waals surface area contributed by atoms with Crippen molar-refractivity contribution in [2.24, 2.45) is 7.05 Å². The number of nitrogens with one attached hydrogen (secondary N) is 1. The third kappa shape index (κ3) is 2.91. The molecule has 1 heterocycles. The summed E-state index contributed by atoms with van der Waals surface area (Å²) >= 11 is 0. The zero-order valence-corrected chi connectivity index (χ0v) is 12.3. The van der Waals surface area contributed by atoms with Crippen molar-refractivity contribution < 1.29 is 4.79 Å². The van der Waals surface area contributed by atoms with Crippen LogP contribution in [0, 0.1) is 0 Å². The van der Waals surface area contributed by atoms with Gasteiger partial charge in [-0.05, 0) is 11.1 Å². The van der Waals surface area contributed by atoms with Gasteiger partial charge >= 0.3 is 0 Å². The van der Waals surface area contributed by atoms with Crippen LogP contribution in [0.2, 0.25) is 0 Å². The van der Waals surface area contributed by atoms with Crippen LogP contribution in [0.5, 0.6) is 0 Å². The smallest absolute Gasteiger partial charge is 0.238 e. The van der Waals surface area contributed by atoms with E-state index >= 15 is 0 Å². The highest BCUT2D eigenvalue weighted by atomic mass is 16.2. The molecule has 1 N–H and O–H groups in total. The van der Waals surface area contributed by atoms with E-state index in [1.54, 1.807) is 17.0 Å². The summed E-state index contributed by atoms with van der Waals surface area (Å²) in [5.41, 5.74) is 1.92. The quantitative estimate of drug-likeness (QED) is 0.802. The van der Waals surface area contributed by atoms with Crippen LogP contribution in [0.4, 0.5) is 5.95 Å². The summed E-state index contributed by atoms with van der Waals surface area (Å²) in [4.78, 5) is 17.0. The monoisotopic (exact) mass is 291 g/mol. The zero-order chi connectivity index (χ0) is 15.4. The molecule has 1 aromatic heterocycles. The highest BCUT2D eigenvalue weighted by Gasteiger charge is 2.23. The Morgan fingerprint density at radius 2 is 1.55 bits per heavy atom. The second kappa shape index (κ2) is 6.26. The van der Waals surface area contributed by atoms with E-state index in [9.17, 15) is 4.79 Å². The molecule has 0 saturated carbocycles. The predicted molar refractivity (Wildman–Crippen MR) is 86.6 cm³/mol. The number of amides is 1. The first-order chi connectivity index (χ1) is 10.8. The number of anilines is 1. The SMILES string of the molecule is Cn1ccnc1NC(=O)C(c1ccccc1)c1ccccc1. The number of hydrogen-bond donors (Lipinski definition) is 1. The van der Waals surface area contributed by atoms with Crippen molar-refractivity contribution in [3.8, 4) is 0 Å². The average molecular weight is 291 g/mol. The number of aryl methyl sites for hydroxylation is 1. The van der Waals surface area contributed by atoms with Crippen molar-refractivity contribution in [2.45, 2.75) is 5.92 Å². The Hall–Kier alpha value is -2.88. The maximum atomic E-state index is 12.8. The van der Waals surface area contributed by atoms with Gasteiger partial charge in [0, 0.05) is 19.4 Å². The summed E-state index contributed by atoms with van der Waals surface area (Å²) in [7, 11) is 1.85. The molecule has 0 fully saturated rings.